The quantitative estimate of drug-likeness (QED) is 0.164. The summed E-state index contributed by atoms with van der Waals surface area (Å²) in [5, 5.41) is 65.4. The molecule has 13 heteroatoms. The van der Waals surface area contributed by atoms with Crippen LogP contribution in [0.25, 0.3) is 0 Å². The van der Waals surface area contributed by atoms with E-state index >= 15 is 0 Å². The Hall–Kier alpha value is -1.23. The van der Waals surface area contributed by atoms with Crippen LogP contribution in [0.3, 0.4) is 0 Å². The van der Waals surface area contributed by atoms with Gasteiger partial charge in [-0.3, -0.25) is 0 Å². The van der Waals surface area contributed by atoms with Crippen LogP contribution in [0, 0.1) is 28.6 Å². The minimum atomic E-state index is -1.56. The molecular weight excluding hydrogens is 640 g/mol. The molecule has 7 aliphatic rings. The number of aliphatic hydroxyl groups excluding tert-OH is 4. The molecule has 3 aliphatic heterocycles. The molecule has 6 N–H and O–H groups in total. The number of rotatable bonds is 7. The van der Waals surface area contributed by atoms with Crippen molar-refractivity contribution in [3.63, 3.8) is 0 Å². The topological polar surface area (TPSA) is 194 Å². The molecule has 6 fully saturated rings. The van der Waals surface area contributed by atoms with Crippen LogP contribution in [-0.2, 0) is 33.2 Å². The minimum Gasteiger partial charge on any atom is -0.458 e. The van der Waals surface area contributed by atoms with Crippen molar-refractivity contribution in [2.24, 2.45) is 28.6 Å². The van der Waals surface area contributed by atoms with Crippen molar-refractivity contribution in [2.45, 2.75) is 158 Å². The Morgan fingerprint density at radius 2 is 1.63 bits per heavy atom. The Morgan fingerprint density at radius 1 is 0.898 bits per heavy atom. The Kier molecular flexibility index (Phi) is 9.60. The summed E-state index contributed by atoms with van der Waals surface area (Å²) >= 11 is 0. The predicted molar refractivity (Wildman–Crippen MR) is 170 cm³/mol. The van der Waals surface area contributed by atoms with Gasteiger partial charge in [-0.05, 0) is 87.0 Å². The molecule has 13 nitrogen and oxygen atoms in total. The van der Waals surface area contributed by atoms with E-state index in [0.717, 1.165) is 44.1 Å². The molecule has 0 amide bonds. The second kappa shape index (κ2) is 13.0. The van der Waals surface area contributed by atoms with Crippen LogP contribution in [0.1, 0.15) is 85.0 Å². The van der Waals surface area contributed by atoms with Crippen LogP contribution in [-0.4, -0.2) is 130 Å². The normalized spacial score (nSPS) is 54.4. The fourth-order valence-corrected chi connectivity index (χ4v) is 11.5. The van der Waals surface area contributed by atoms with Gasteiger partial charge >= 0.3 is 5.97 Å². The zero-order chi connectivity index (χ0) is 35.1. The lowest BCUT2D eigenvalue weighted by Gasteiger charge is -2.66. The third-order valence-corrected chi connectivity index (χ3v) is 14.5. The maximum absolute atomic E-state index is 12.5. The van der Waals surface area contributed by atoms with Gasteiger partial charge in [0.2, 0.25) is 0 Å². The highest BCUT2D eigenvalue weighted by Gasteiger charge is 2.70. The SMILES string of the molecule is CO[C@@H]1C[C@H](O[C@H]2CC[C@]3(C)[C@@H]4CC[C@]5(C)[C@H](C6=CC(=O)OC6)CC[C@]5(O)[C@H]4CC[C@@]3(O)C2)O[C@@H](C)[C@H]1O[C@H]1O[C@@H](CO)[C@H](O)[C@@H](O)[C@@H]1O. The first-order valence-corrected chi connectivity index (χ1v) is 18.3. The highest BCUT2D eigenvalue weighted by atomic mass is 16.7. The first kappa shape index (κ1) is 36.1. The molecule has 0 aromatic carbocycles. The number of esters is 1. The van der Waals surface area contributed by atoms with Gasteiger partial charge in [0, 0.05) is 31.4 Å². The number of fused-ring (bicyclic) bond motifs is 5. The summed E-state index contributed by atoms with van der Waals surface area (Å²) < 4.78 is 35.4. The van der Waals surface area contributed by atoms with Gasteiger partial charge in [0.1, 0.15) is 37.1 Å². The Morgan fingerprint density at radius 3 is 2.33 bits per heavy atom. The van der Waals surface area contributed by atoms with Gasteiger partial charge in [-0.25, -0.2) is 4.79 Å². The summed E-state index contributed by atoms with van der Waals surface area (Å²) in [4.78, 5) is 11.9. The molecule has 0 spiro atoms. The van der Waals surface area contributed by atoms with E-state index in [0.29, 0.717) is 32.3 Å². The summed E-state index contributed by atoms with van der Waals surface area (Å²) in [6.45, 7) is 5.98. The lowest BCUT2D eigenvalue weighted by Crippen LogP contribution is -2.67. The second-order valence-corrected chi connectivity index (χ2v) is 16.6. The molecule has 0 radical (unpaired) electrons. The number of hydrogen-bond donors (Lipinski definition) is 6. The molecule has 3 heterocycles. The lowest BCUT2D eigenvalue weighted by atomic mass is 9.42. The fourth-order valence-electron chi connectivity index (χ4n) is 11.5. The average molecular weight is 697 g/mol. The van der Waals surface area contributed by atoms with Gasteiger partial charge in [-0.2, -0.15) is 0 Å². The second-order valence-electron chi connectivity index (χ2n) is 16.6. The van der Waals surface area contributed by atoms with E-state index in [1.54, 1.807) is 20.1 Å². The Balaban J connectivity index is 0.994. The zero-order valence-electron chi connectivity index (χ0n) is 29.1. The molecule has 4 aliphatic carbocycles. The molecule has 0 aromatic rings. The molecule has 4 saturated carbocycles. The van der Waals surface area contributed by atoms with E-state index in [1.807, 2.05) is 0 Å². The standard InChI is InChI=1S/C36H56O13/c1-18-31(49-32-30(41)29(40)28(39)25(16-37)48-32)24(44-4)14-27(46-18)47-20-5-9-33(2)22-6-10-34(3)21(19-13-26(38)45-17-19)8-12-36(34,43)23(22)7-11-35(33,42)15-20/h13,18,20-25,27-32,37,39-43H,5-12,14-17H2,1-4H3/t18-,20-,21-,22+,23-,24+,25-,27-,28-,29+,30-,31+,32+,33+,34+,35+,36-/m0/s1. The highest BCUT2D eigenvalue weighted by molar-refractivity contribution is 5.85. The Bertz CT molecular complexity index is 1280. The van der Waals surface area contributed by atoms with E-state index in [2.05, 4.69) is 13.8 Å². The molecule has 7 rings (SSSR count). The molecule has 0 unspecified atom stereocenters. The third kappa shape index (κ3) is 5.65. The van der Waals surface area contributed by atoms with Crippen molar-refractivity contribution in [3.05, 3.63) is 11.6 Å². The number of ether oxygens (including phenoxy) is 6. The molecule has 49 heavy (non-hydrogen) atoms. The number of carbonyl (C=O) groups is 1. The van der Waals surface area contributed by atoms with E-state index < -0.39 is 73.1 Å². The van der Waals surface area contributed by atoms with Gasteiger partial charge in [0.15, 0.2) is 12.6 Å². The first-order chi connectivity index (χ1) is 23.2. The number of methoxy groups -OCH3 is 1. The third-order valence-electron chi connectivity index (χ3n) is 14.5. The molecule has 2 saturated heterocycles. The largest absolute Gasteiger partial charge is 0.458 e. The molecule has 278 valence electrons. The van der Waals surface area contributed by atoms with E-state index in [4.69, 9.17) is 28.4 Å². The number of hydrogen-bond acceptors (Lipinski definition) is 13. The lowest BCUT2D eigenvalue weighted by molar-refractivity contribution is -0.347. The number of carbonyl (C=O) groups excluding carboxylic acids is 1. The maximum Gasteiger partial charge on any atom is 0.331 e. The van der Waals surface area contributed by atoms with E-state index in [9.17, 15) is 35.4 Å². The summed E-state index contributed by atoms with van der Waals surface area (Å²) in [7, 11) is 1.55. The van der Waals surface area contributed by atoms with Crippen molar-refractivity contribution >= 4 is 5.97 Å². The monoisotopic (exact) mass is 696 g/mol. The maximum atomic E-state index is 12.5. The van der Waals surface area contributed by atoms with Gasteiger partial charge in [0.05, 0.1) is 36.1 Å². The highest BCUT2D eigenvalue weighted by Crippen LogP contribution is 2.70. The fraction of sp³-hybridized carbons (Fsp3) is 0.917. The minimum absolute atomic E-state index is 0.0724. The van der Waals surface area contributed by atoms with Crippen LogP contribution in [0.2, 0.25) is 0 Å². The van der Waals surface area contributed by atoms with Crippen molar-refractivity contribution in [1.29, 1.82) is 0 Å². The summed E-state index contributed by atoms with van der Waals surface area (Å²) in [5.74, 6) is 0.0783. The van der Waals surface area contributed by atoms with Gasteiger partial charge in [-0.15, -0.1) is 0 Å². The van der Waals surface area contributed by atoms with Crippen LogP contribution >= 0.6 is 0 Å². The van der Waals surface area contributed by atoms with E-state index in [1.165, 1.54) is 0 Å². The van der Waals surface area contributed by atoms with Crippen molar-refractivity contribution in [3.8, 4) is 0 Å². The van der Waals surface area contributed by atoms with Crippen molar-refractivity contribution in [2.75, 3.05) is 20.3 Å². The summed E-state index contributed by atoms with van der Waals surface area (Å²) in [6.07, 6.45) is -1.10. The summed E-state index contributed by atoms with van der Waals surface area (Å²) in [5.41, 5.74) is -1.52. The van der Waals surface area contributed by atoms with Crippen LogP contribution in [0.15, 0.2) is 11.6 Å². The number of cyclic esters (lactones) is 1. The van der Waals surface area contributed by atoms with Gasteiger partial charge < -0.3 is 59.1 Å². The van der Waals surface area contributed by atoms with Gasteiger partial charge in [0.25, 0.3) is 0 Å². The van der Waals surface area contributed by atoms with Crippen molar-refractivity contribution in [1.82, 2.24) is 0 Å². The van der Waals surface area contributed by atoms with Crippen molar-refractivity contribution < 1.29 is 63.9 Å². The molecular formula is C36H56O13. The predicted octanol–water partition coefficient (Wildman–Crippen LogP) is 1.08. The molecule has 0 bridgehead atoms. The molecule has 17 atom stereocenters. The Labute approximate surface area is 287 Å². The smallest absolute Gasteiger partial charge is 0.331 e. The zero-order valence-corrected chi connectivity index (χ0v) is 29.1. The van der Waals surface area contributed by atoms with Gasteiger partial charge in [-0.1, -0.05) is 13.8 Å². The van der Waals surface area contributed by atoms with Crippen LogP contribution in [0.4, 0.5) is 0 Å². The summed E-state index contributed by atoms with van der Waals surface area (Å²) in [6, 6.07) is 0. The van der Waals surface area contributed by atoms with Crippen LogP contribution in [0.5, 0.6) is 0 Å². The number of aliphatic hydroxyl groups is 6. The molecule has 0 aromatic heterocycles. The van der Waals surface area contributed by atoms with E-state index in [-0.39, 0.29) is 40.7 Å². The first-order valence-electron chi connectivity index (χ1n) is 18.3. The average Bonchev–Trinajstić information content (AvgIpc) is 3.61. The van der Waals surface area contributed by atoms with Crippen LogP contribution < -0.4 is 0 Å².